The Morgan fingerprint density at radius 1 is 1.03 bits per heavy atom. The second-order valence-electron chi connectivity index (χ2n) is 7.78. The number of carbonyl (C=O) groups excluding carboxylic acids is 4. The van der Waals surface area contributed by atoms with Crippen molar-refractivity contribution in [2.75, 3.05) is 32.1 Å². The number of benzene rings is 2. The van der Waals surface area contributed by atoms with Gasteiger partial charge in [0.2, 0.25) is 5.91 Å². The van der Waals surface area contributed by atoms with E-state index >= 15 is 0 Å². The second kappa shape index (κ2) is 9.72. The number of hydrogen-bond acceptors (Lipinski definition) is 5. The van der Waals surface area contributed by atoms with Crippen LogP contribution in [0.25, 0.3) is 0 Å². The highest BCUT2D eigenvalue weighted by Crippen LogP contribution is 2.30. The van der Waals surface area contributed by atoms with E-state index in [1.165, 1.54) is 7.11 Å². The molecule has 1 aliphatic rings. The molecule has 1 fully saturated rings. The van der Waals surface area contributed by atoms with Gasteiger partial charge in [-0.05, 0) is 62.7 Å². The van der Waals surface area contributed by atoms with Crippen molar-refractivity contribution in [1.82, 2.24) is 15.1 Å². The van der Waals surface area contributed by atoms with Crippen LogP contribution in [0.1, 0.15) is 36.7 Å². The summed E-state index contributed by atoms with van der Waals surface area (Å²) in [4.78, 5) is 53.0. The van der Waals surface area contributed by atoms with Gasteiger partial charge in [0.15, 0.2) is 0 Å². The van der Waals surface area contributed by atoms with Crippen LogP contribution in [0.4, 0.5) is 10.5 Å². The van der Waals surface area contributed by atoms with Crippen molar-refractivity contribution in [3.63, 3.8) is 0 Å². The molecule has 1 atom stereocenters. The van der Waals surface area contributed by atoms with Crippen LogP contribution in [0, 0.1) is 0 Å². The van der Waals surface area contributed by atoms with Gasteiger partial charge in [0, 0.05) is 24.3 Å². The topological polar surface area (TPSA) is 108 Å². The van der Waals surface area contributed by atoms with E-state index in [9.17, 15) is 19.2 Å². The van der Waals surface area contributed by atoms with Crippen molar-refractivity contribution in [1.29, 1.82) is 0 Å². The molecular weight excluding hydrogens is 424 g/mol. The number of nitrogens with one attached hydrogen (secondary N) is 2. The van der Waals surface area contributed by atoms with Crippen LogP contribution in [0.15, 0.2) is 48.5 Å². The monoisotopic (exact) mass is 452 g/mol. The molecule has 0 bridgehead atoms. The van der Waals surface area contributed by atoms with Crippen molar-refractivity contribution in [3.8, 4) is 5.75 Å². The van der Waals surface area contributed by atoms with Gasteiger partial charge in [0.05, 0.1) is 7.11 Å². The molecule has 2 aromatic rings. The van der Waals surface area contributed by atoms with Gasteiger partial charge in [-0.25, -0.2) is 4.79 Å². The van der Waals surface area contributed by atoms with Gasteiger partial charge >= 0.3 is 6.03 Å². The highest BCUT2D eigenvalue weighted by Gasteiger charge is 2.49. The van der Waals surface area contributed by atoms with Gasteiger partial charge in [-0.3, -0.25) is 19.3 Å². The number of hydrogen-bond donors (Lipinski definition) is 2. The van der Waals surface area contributed by atoms with Crippen LogP contribution in [-0.2, 0) is 15.1 Å². The molecule has 2 N–H and O–H groups in total. The maximum Gasteiger partial charge on any atom is 0.325 e. The van der Waals surface area contributed by atoms with Crippen LogP contribution in [0.5, 0.6) is 5.75 Å². The highest BCUT2D eigenvalue weighted by molar-refractivity contribution is 6.10. The molecule has 0 unspecified atom stereocenters. The van der Waals surface area contributed by atoms with E-state index in [0.717, 1.165) is 4.90 Å². The number of nitrogens with zero attached hydrogens (tertiary/aromatic N) is 2. The largest absolute Gasteiger partial charge is 0.497 e. The molecule has 5 amide bonds. The zero-order valence-corrected chi connectivity index (χ0v) is 19.2. The smallest absolute Gasteiger partial charge is 0.325 e. The highest BCUT2D eigenvalue weighted by atomic mass is 16.5. The van der Waals surface area contributed by atoms with Crippen molar-refractivity contribution in [2.45, 2.75) is 26.3 Å². The fourth-order valence-corrected chi connectivity index (χ4v) is 3.69. The molecule has 1 aliphatic heterocycles. The zero-order chi connectivity index (χ0) is 24.2. The Bertz CT molecular complexity index is 1050. The lowest BCUT2D eigenvalue weighted by Crippen LogP contribution is -2.42. The van der Waals surface area contributed by atoms with E-state index in [0.29, 0.717) is 35.7 Å². The lowest BCUT2D eigenvalue weighted by Gasteiger charge is -2.22. The van der Waals surface area contributed by atoms with Crippen molar-refractivity contribution in [2.24, 2.45) is 0 Å². The summed E-state index contributed by atoms with van der Waals surface area (Å²) in [6.07, 6.45) is 0. The Labute approximate surface area is 192 Å². The lowest BCUT2D eigenvalue weighted by molar-refractivity contribution is -0.133. The number of imide groups is 1. The third-order valence-corrected chi connectivity index (χ3v) is 5.71. The predicted octanol–water partition coefficient (Wildman–Crippen LogP) is 2.58. The molecule has 3 rings (SSSR count). The minimum absolute atomic E-state index is 0.0879. The van der Waals surface area contributed by atoms with E-state index in [1.807, 2.05) is 13.8 Å². The Morgan fingerprint density at radius 2 is 1.64 bits per heavy atom. The average Bonchev–Trinajstić information content (AvgIpc) is 3.04. The van der Waals surface area contributed by atoms with Gasteiger partial charge in [-0.1, -0.05) is 12.1 Å². The standard InChI is InChI=1S/C24H28N4O5/c1-5-27(6-2)21(30)16-7-11-18(12-8-16)25-20(29)15-28-22(31)24(3,26-23(28)32)17-9-13-19(33-4)14-10-17/h7-14H,5-6,15H2,1-4H3,(H,25,29)(H,26,32)/t24-/m1/s1. The molecule has 33 heavy (non-hydrogen) atoms. The number of rotatable bonds is 8. The molecule has 9 nitrogen and oxygen atoms in total. The SMILES string of the molecule is CCN(CC)C(=O)c1ccc(NC(=O)CN2C(=O)N[C@](C)(c3ccc(OC)cc3)C2=O)cc1. The molecule has 0 aliphatic carbocycles. The fourth-order valence-electron chi connectivity index (χ4n) is 3.69. The first-order valence-electron chi connectivity index (χ1n) is 10.7. The first-order chi connectivity index (χ1) is 15.7. The molecule has 0 radical (unpaired) electrons. The molecular formula is C24H28N4O5. The molecule has 2 aromatic carbocycles. The van der Waals surface area contributed by atoms with Gasteiger partial charge in [-0.2, -0.15) is 0 Å². The van der Waals surface area contributed by atoms with Gasteiger partial charge in [-0.15, -0.1) is 0 Å². The summed E-state index contributed by atoms with van der Waals surface area (Å²) < 4.78 is 5.13. The second-order valence-corrected chi connectivity index (χ2v) is 7.78. The summed E-state index contributed by atoms with van der Waals surface area (Å²) in [5.74, 6) is -0.511. The third kappa shape index (κ3) is 4.82. The zero-order valence-electron chi connectivity index (χ0n) is 19.2. The summed E-state index contributed by atoms with van der Waals surface area (Å²) in [5.41, 5.74) is 0.274. The van der Waals surface area contributed by atoms with Crippen molar-refractivity contribution >= 4 is 29.4 Å². The molecule has 1 heterocycles. The molecule has 0 spiro atoms. The van der Waals surface area contributed by atoms with Crippen molar-refractivity contribution < 1.29 is 23.9 Å². The Balaban J connectivity index is 1.66. The normalized spacial score (nSPS) is 17.5. The van der Waals surface area contributed by atoms with Crippen LogP contribution < -0.4 is 15.4 Å². The fraction of sp³-hybridized carbons (Fsp3) is 0.333. The number of anilines is 1. The van der Waals surface area contributed by atoms with E-state index < -0.39 is 29.9 Å². The number of carbonyl (C=O) groups is 4. The number of methoxy groups -OCH3 is 1. The first kappa shape index (κ1) is 23.8. The Kier molecular flexibility index (Phi) is 7.01. The van der Waals surface area contributed by atoms with E-state index in [1.54, 1.807) is 60.4 Å². The lowest BCUT2D eigenvalue weighted by atomic mass is 9.92. The van der Waals surface area contributed by atoms with Gasteiger partial charge in [0.25, 0.3) is 11.8 Å². The summed E-state index contributed by atoms with van der Waals surface area (Å²) >= 11 is 0. The third-order valence-electron chi connectivity index (χ3n) is 5.71. The molecule has 0 saturated carbocycles. The summed E-state index contributed by atoms with van der Waals surface area (Å²) in [6, 6.07) is 12.6. The minimum atomic E-state index is -1.28. The van der Waals surface area contributed by atoms with Crippen LogP contribution in [0.2, 0.25) is 0 Å². The molecule has 9 heteroatoms. The number of urea groups is 1. The summed E-state index contributed by atoms with van der Waals surface area (Å²) in [5, 5.41) is 5.33. The minimum Gasteiger partial charge on any atom is -0.497 e. The van der Waals surface area contributed by atoms with Crippen molar-refractivity contribution in [3.05, 3.63) is 59.7 Å². The van der Waals surface area contributed by atoms with E-state index in [4.69, 9.17) is 4.74 Å². The molecule has 0 aromatic heterocycles. The Morgan fingerprint density at radius 3 is 2.18 bits per heavy atom. The predicted molar refractivity (Wildman–Crippen MR) is 123 cm³/mol. The molecule has 174 valence electrons. The average molecular weight is 453 g/mol. The van der Waals surface area contributed by atoms with Crippen LogP contribution in [0.3, 0.4) is 0 Å². The maximum atomic E-state index is 13.0. The summed E-state index contributed by atoms with van der Waals surface area (Å²) in [7, 11) is 1.54. The number of ether oxygens (including phenoxy) is 1. The number of amides is 5. The van der Waals surface area contributed by atoms with Gasteiger partial charge < -0.3 is 20.3 Å². The molecule has 1 saturated heterocycles. The van der Waals surface area contributed by atoms with Crippen LogP contribution in [-0.4, -0.2) is 60.3 Å². The summed E-state index contributed by atoms with van der Waals surface area (Å²) in [6.45, 7) is 6.19. The van der Waals surface area contributed by atoms with E-state index in [-0.39, 0.29) is 5.91 Å². The van der Waals surface area contributed by atoms with Gasteiger partial charge in [0.1, 0.15) is 17.8 Å². The first-order valence-corrected chi connectivity index (χ1v) is 10.7. The maximum absolute atomic E-state index is 13.0. The van der Waals surface area contributed by atoms with E-state index in [2.05, 4.69) is 10.6 Å². The van der Waals surface area contributed by atoms with Crippen LogP contribution >= 0.6 is 0 Å². The Hall–Kier alpha value is -3.88. The quantitative estimate of drug-likeness (QED) is 0.599.